The fraction of sp³-hybridized carbons (Fsp3) is 0.118. The fourth-order valence-corrected chi connectivity index (χ4v) is 2.07. The summed E-state index contributed by atoms with van der Waals surface area (Å²) in [6, 6.07) is 16.8. The highest BCUT2D eigenvalue weighted by molar-refractivity contribution is 5.96. The molecule has 0 radical (unpaired) electrons. The Morgan fingerprint density at radius 2 is 1.95 bits per heavy atom. The normalized spacial score (nSPS) is 10.5. The number of fused-ring (bicyclic) bond motifs is 1. The van der Waals surface area contributed by atoms with Gasteiger partial charge < -0.3 is 14.1 Å². The van der Waals surface area contributed by atoms with E-state index in [4.69, 9.17) is 9.15 Å². The van der Waals surface area contributed by atoms with Crippen LogP contribution >= 0.6 is 0 Å². The molecule has 0 bridgehead atoms. The summed E-state index contributed by atoms with van der Waals surface area (Å²) in [6.45, 7) is 0.00391. The lowest BCUT2D eigenvalue weighted by atomic mass is 10.2. The van der Waals surface area contributed by atoms with Crippen LogP contribution in [0, 0.1) is 0 Å². The van der Waals surface area contributed by atoms with Gasteiger partial charge in [0.25, 0.3) is 5.91 Å². The van der Waals surface area contributed by atoms with E-state index in [0.717, 1.165) is 16.7 Å². The van der Waals surface area contributed by atoms with Crippen molar-refractivity contribution in [2.75, 3.05) is 18.6 Å². The molecule has 0 unspecified atom stereocenters. The summed E-state index contributed by atoms with van der Waals surface area (Å²) in [4.78, 5) is 13.7. The number of anilines is 1. The van der Waals surface area contributed by atoms with E-state index in [1.807, 2.05) is 54.6 Å². The van der Waals surface area contributed by atoms with Crippen molar-refractivity contribution >= 4 is 22.6 Å². The Bertz CT molecular complexity index is 749. The minimum absolute atomic E-state index is 0.00391. The highest BCUT2D eigenvalue weighted by Gasteiger charge is 2.12. The molecule has 0 aliphatic carbocycles. The van der Waals surface area contributed by atoms with Crippen LogP contribution in [0.3, 0.4) is 0 Å². The molecule has 4 heteroatoms. The van der Waals surface area contributed by atoms with Crippen molar-refractivity contribution in [1.82, 2.24) is 0 Å². The number of rotatable bonds is 4. The average Bonchev–Trinajstić information content (AvgIpc) is 3.00. The second kappa shape index (κ2) is 5.71. The van der Waals surface area contributed by atoms with Crippen molar-refractivity contribution in [3.8, 4) is 5.75 Å². The molecule has 3 rings (SSSR count). The Labute approximate surface area is 122 Å². The third-order valence-electron chi connectivity index (χ3n) is 3.30. The van der Waals surface area contributed by atoms with Crippen molar-refractivity contribution < 1.29 is 13.9 Å². The minimum atomic E-state index is -0.110. The van der Waals surface area contributed by atoms with Gasteiger partial charge in [-0.05, 0) is 36.4 Å². The van der Waals surface area contributed by atoms with Gasteiger partial charge in [0, 0.05) is 18.1 Å². The summed E-state index contributed by atoms with van der Waals surface area (Å²) in [7, 11) is 1.73. The first-order chi connectivity index (χ1) is 10.2. The number of para-hydroxylation sites is 1. The van der Waals surface area contributed by atoms with Gasteiger partial charge in [-0.15, -0.1) is 0 Å². The maximum atomic E-state index is 12.2. The standard InChI is InChI=1S/C17H15NO3/c1-18(14-7-8-16-13(11-14)9-10-20-16)17(19)12-21-15-5-3-2-4-6-15/h2-11H,12H2,1H3. The lowest BCUT2D eigenvalue weighted by Gasteiger charge is -2.17. The zero-order valence-electron chi connectivity index (χ0n) is 11.7. The van der Waals surface area contributed by atoms with E-state index < -0.39 is 0 Å². The molecule has 0 N–H and O–H groups in total. The van der Waals surface area contributed by atoms with Gasteiger partial charge in [0.15, 0.2) is 6.61 Å². The van der Waals surface area contributed by atoms with E-state index in [2.05, 4.69) is 0 Å². The quantitative estimate of drug-likeness (QED) is 0.735. The highest BCUT2D eigenvalue weighted by atomic mass is 16.5. The molecule has 3 aromatic rings. The van der Waals surface area contributed by atoms with Crippen molar-refractivity contribution in [1.29, 1.82) is 0 Å². The first kappa shape index (κ1) is 13.2. The molecule has 106 valence electrons. The van der Waals surface area contributed by atoms with E-state index in [0.29, 0.717) is 5.75 Å². The number of hydrogen-bond acceptors (Lipinski definition) is 3. The van der Waals surface area contributed by atoms with Gasteiger partial charge in [-0.3, -0.25) is 4.79 Å². The first-order valence-electron chi connectivity index (χ1n) is 6.66. The number of furan rings is 1. The van der Waals surface area contributed by atoms with Gasteiger partial charge in [-0.1, -0.05) is 18.2 Å². The Hall–Kier alpha value is -2.75. The Morgan fingerprint density at radius 3 is 2.76 bits per heavy atom. The summed E-state index contributed by atoms with van der Waals surface area (Å²) in [5.41, 5.74) is 1.62. The second-order valence-corrected chi connectivity index (χ2v) is 4.70. The Morgan fingerprint density at radius 1 is 1.14 bits per heavy atom. The molecule has 0 saturated carbocycles. The van der Waals surface area contributed by atoms with Crippen molar-refractivity contribution in [2.45, 2.75) is 0 Å². The molecular weight excluding hydrogens is 266 g/mol. The topological polar surface area (TPSA) is 42.7 Å². The molecule has 4 nitrogen and oxygen atoms in total. The van der Waals surface area contributed by atoms with Crippen LogP contribution in [0.1, 0.15) is 0 Å². The SMILES string of the molecule is CN(C(=O)COc1ccccc1)c1ccc2occc2c1. The molecule has 0 atom stereocenters. The molecule has 2 aromatic carbocycles. The molecular formula is C17H15NO3. The zero-order valence-corrected chi connectivity index (χ0v) is 11.7. The summed E-state index contributed by atoms with van der Waals surface area (Å²) >= 11 is 0. The zero-order chi connectivity index (χ0) is 14.7. The molecule has 0 spiro atoms. The van der Waals surface area contributed by atoms with Gasteiger partial charge in [0.05, 0.1) is 6.26 Å². The van der Waals surface area contributed by atoms with E-state index in [1.165, 1.54) is 0 Å². The lowest BCUT2D eigenvalue weighted by molar-refractivity contribution is -0.120. The molecule has 0 aliphatic rings. The minimum Gasteiger partial charge on any atom is -0.484 e. The van der Waals surface area contributed by atoms with E-state index >= 15 is 0 Å². The van der Waals surface area contributed by atoms with Gasteiger partial charge in [0.2, 0.25) is 0 Å². The molecule has 0 saturated heterocycles. The van der Waals surface area contributed by atoms with Crippen molar-refractivity contribution in [3.05, 3.63) is 60.9 Å². The number of ether oxygens (including phenoxy) is 1. The van der Waals surface area contributed by atoms with Crippen LogP contribution < -0.4 is 9.64 Å². The lowest BCUT2D eigenvalue weighted by Crippen LogP contribution is -2.31. The van der Waals surface area contributed by atoms with Gasteiger partial charge in [-0.2, -0.15) is 0 Å². The Balaban J connectivity index is 1.68. The van der Waals surface area contributed by atoms with Crippen molar-refractivity contribution in [2.24, 2.45) is 0 Å². The molecule has 1 aromatic heterocycles. The number of carbonyl (C=O) groups excluding carboxylic acids is 1. The van der Waals surface area contributed by atoms with Crippen LogP contribution in [0.25, 0.3) is 11.0 Å². The Kier molecular flexibility index (Phi) is 3.60. The van der Waals surface area contributed by atoms with Crippen molar-refractivity contribution in [3.63, 3.8) is 0 Å². The van der Waals surface area contributed by atoms with Crippen LogP contribution in [0.2, 0.25) is 0 Å². The first-order valence-corrected chi connectivity index (χ1v) is 6.66. The summed E-state index contributed by atoms with van der Waals surface area (Å²) in [5.74, 6) is 0.575. The molecule has 1 heterocycles. The number of likely N-dealkylation sites (N-methyl/N-ethyl adjacent to an activating group) is 1. The average molecular weight is 281 g/mol. The van der Waals surface area contributed by atoms with Gasteiger partial charge in [-0.25, -0.2) is 0 Å². The second-order valence-electron chi connectivity index (χ2n) is 4.70. The monoisotopic (exact) mass is 281 g/mol. The summed E-state index contributed by atoms with van der Waals surface area (Å²) < 4.78 is 10.8. The number of nitrogens with zero attached hydrogens (tertiary/aromatic N) is 1. The highest BCUT2D eigenvalue weighted by Crippen LogP contribution is 2.22. The van der Waals surface area contributed by atoms with Crippen LogP contribution in [0.15, 0.2) is 65.3 Å². The molecule has 0 fully saturated rings. The summed E-state index contributed by atoms with van der Waals surface area (Å²) in [6.07, 6.45) is 1.63. The van der Waals surface area contributed by atoms with Gasteiger partial charge >= 0.3 is 0 Å². The third kappa shape index (κ3) is 2.89. The molecule has 21 heavy (non-hydrogen) atoms. The number of benzene rings is 2. The summed E-state index contributed by atoms with van der Waals surface area (Å²) in [5, 5.41) is 0.969. The van der Waals surface area contributed by atoms with E-state index in [9.17, 15) is 4.79 Å². The third-order valence-corrected chi connectivity index (χ3v) is 3.30. The van der Waals surface area contributed by atoms with E-state index in [1.54, 1.807) is 18.2 Å². The fourth-order valence-electron chi connectivity index (χ4n) is 2.07. The van der Waals surface area contributed by atoms with Crippen LogP contribution in [0.5, 0.6) is 5.75 Å². The maximum absolute atomic E-state index is 12.2. The van der Waals surface area contributed by atoms with Crippen LogP contribution in [-0.4, -0.2) is 19.6 Å². The van der Waals surface area contributed by atoms with Gasteiger partial charge in [0.1, 0.15) is 11.3 Å². The number of amides is 1. The van der Waals surface area contributed by atoms with E-state index in [-0.39, 0.29) is 12.5 Å². The smallest absolute Gasteiger partial charge is 0.264 e. The van der Waals surface area contributed by atoms with Crippen LogP contribution in [0.4, 0.5) is 5.69 Å². The van der Waals surface area contributed by atoms with Crippen LogP contribution in [-0.2, 0) is 4.79 Å². The predicted molar refractivity (Wildman–Crippen MR) is 81.6 cm³/mol. The maximum Gasteiger partial charge on any atom is 0.264 e. The largest absolute Gasteiger partial charge is 0.484 e. The number of hydrogen-bond donors (Lipinski definition) is 0. The number of carbonyl (C=O) groups is 1. The molecule has 1 amide bonds. The molecule has 0 aliphatic heterocycles. The predicted octanol–water partition coefficient (Wildman–Crippen LogP) is 3.47.